The van der Waals surface area contributed by atoms with E-state index in [4.69, 9.17) is 5.11 Å². The van der Waals surface area contributed by atoms with Crippen LogP contribution in [0.15, 0.2) is 24.3 Å². The SMILES string of the molecule is Cc1ccccc1CSCC(NC1CC1)C(=O)O. The number of aliphatic carboxylic acids is 1. The number of hydrogen-bond acceptors (Lipinski definition) is 3. The molecular formula is C14H19NO2S. The standard InChI is InChI=1S/C14H19NO2S/c1-10-4-2-3-5-11(10)8-18-9-13(14(16)17)15-12-6-7-12/h2-5,12-13,15H,6-9H2,1H3,(H,16,17). The van der Waals surface area contributed by atoms with E-state index < -0.39 is 12.0 Å². The summed E-state index contributed by atoms with van der Waals surface area (Å²) in [7, 11) is 0. The number of carbonyl (C=O) groups is 1. The molecule has 0 aromatic heterocycles. The van der Waals surface area contributed by atoms with Gasteiger partial charge in [-0.1, -0.05) is 24.3 Å². The van der Waals surface area contributed by atoms with E-state index in [2.05, 4.69) is 24.4 Å². The second-order valence-corrected chi connectivity index (χ2v) is 5.80. The van der Waals surface area contributed by atoms with Gasteiger partial charge in [0.25, 0.3) is 0 Å². The largest absolute Gasteiger partial charge is 0.480 e. The van der Waals surface area contributed by atoms with Crippen LogP contribution < -0.4 is 5.32 Å². The summed E-state index contributed by atoms with van der Waals surface area (Å²) in [6.45, 7) is 2.09. The van der Waals surface area contributed by atoms with E-state index in [1.54, 1.807) is 11.8 Å². The van der Waals surface area contributed by atoms with Crippen molar-refractivity contribution in [1.29, 1.82) is 0 Å². The van der Waals surface area contributed by atoms with E-state index in [1.807, 2.05) is 12.1 Å². The molecule has 0 aliphatic heterocycles. The number of benzene rings is 1. The minimum Gasteiger partial charge on any atom is -0.480 e. The van der Waals surface area contributed by atoms with Crippen LogP contribution in [0.3, 0.4) is 0 Å². The first-order valence-electron chi connectivity index (χ1n) is 6.28. The lowest BCUT2D eigenvalue weighted by molar-refractivity contribution is -0.138. The smallest absolute Gasteiger partial charge is 0.321 e. The first-order chi connectivity index (χ1) is 8.66. The van der Waals surface area contributed by atoms with Gasteiger partial charge in [-0.2, -0.15) is 11.8 Å². The van der Waals surface area contributed by atoms with Crippen molar-refractivity contribution in [2.75, 3.05) is 5.75 Å². The summed E-state index contributed by atoms with van der Waals surface area (Å²) in [5.41, 5.74) is 2.56. The molecule has 0 spiro atoms. The Bertz CT molecular complexity index is 418. The molecule has 3 nitrogen and oxygen atoms in total. The molecule has 0 radical (unpaired) electrons. The number of carboxylic acids is 1. The zero-order chi connectivity index (χ0) is 13.0. The number of aryl methyl sites for hydroxylation is 1. The van der Waals surface area contributed by atoms with Gasteiger partial charge in [0, 0.05) is 17.5 Å². The number of hydrogen-bond donors (Lipinski definition) is 2. The minimum atomic E-state index is -0.737. The van der Waals surface area contributed by atoms with Crippen LogP contribution in [0.5, 0.6) is 0 Å². The average Bonchev–Trinajstić information content (AvgIpc) is 3.14. The van der Waals surface area contributed by atoms with Crippen molar-refractivity contribution < 1.29 is 9.90 Å². The van der Waals surface area contributed by atoms with Gasteiger partial charge in [-0.3, -0.25) is 4.79 Å². The molecule has 0 bridgehead atoms. The zero-order valence-corrected chi connectivity index (χ0v) is 11.4. The van der Waals surface area contributed by atoms with E-state index in [9.17, 15) is 4.79 Å². The Hall–Kier alpha value is -1.00. The van der Waals surface area contributed by atoms with Crippen molar-refractivity contribution in [3.63, 3.8) is 0 Å². The van der Waals surface area contributed by atoms with Crippen LogP contribution >= 0.6 is 11.8 Å². The number of carboxylic acid groups (broad SMARTS) is 1. The molecule has 1 aromatic rings. The molecule has 1 saturated carbocycles. The summed E-state index contributed by atoms with van der Waals surface area (Å²) in [6.07, 6.45) is 2.23. The van der Waals surface area contributed by atoms with Gasteiger partial charge in [-0.05, 0) is 30.9 Å². The van der Waals surface area contributed by atoms with E-state index in [0.29, 0.717) is 11.8 Å². The van der Waals surface area contributed by atoms with E-state index in [1.165, 1.54) is 11.1 Å². The van der Waals surface area contributed by atoms with Gasteiger partial charge in [0.05, 0.1) is 0 Å². The highest BCUT2D eigenvalue weighted by molar-refractivity contribution is 7.98. The Balaban J connectivity index is 1.79. The molecule has 1 aliphatic rings. The molecule has 2 N–H and O–H groups in total. The van der Waals surface area contributed by atoms with E-state index in [-0.39, 0.29) is 0 Å². The van der Waals surface area contributed by atoms with Crippen molar-refractivity contribution in [3.8, 4) is 0 Å². The molecule has 18 heavy (non-hydrogen) atoms. The second-order valence-electron chi connectivity index (χ2n) is 4.77. The Kier molecular flexibility index (Phi) is 4.66. The van der Waals surface area contributed by atoms with Crippen LogP contribution in [0.25, 0.3) is 0 Å². The fourth-order valence-corrected chi connectivity index (χ4v) is 2.92. The molecular weight excluding hydrogens is 246 g/mol. The van der Waals surface area contributed by atoms with Crippen LogP contribution in [-0.4, -0.2) is 28.9 Å². The third kappa shape index (κ3) is 4.03. The molecule has 1 aliphatic carbocycles. The lowest BCUT2D eigenvalue weighted by Gasteiger charge is -2.13. The highest BCUT2D eigenvalue weighted by atomic mass is 32.2. The quantitative estimate of drug-likeness (QED) is 0.795. The van der Waals surface area contributed by atoms with Crippen molar-refractivity contribution in [2.45, 2.75) is 37.6 Å². The second kappa shape index (κ2) is 6.25. The van der Waals surface area contributed by atoms with Crippen molar-refractivity contribution in [1.82, 2.24) is 5.32 Å². The molecule has 2 rings (SSSR count). The Morgan fingerprint density at radius 1 is 1.50 bits per heavy atom. The minimum absolute atomic E-state index is 0.411. The van der Waals surface area contributed by atoms with Gasteiger partial charge in [-0.15, -0.1) is 0 Å². The molecule has 1 fully saturated rings. The van der Waals surface area contributed by atoms with Gasteiger partial charge < -0.3 is 10.4 Å². The summed E-state index contributed by atoms with van der Waals surface area (Å²) in [4.78, 5) is 11.1. The maximum atomic E-state index is 11.1. The van der Waals surface area contributed by atoms with Gasteiger partial charge in [0.15, 0.2) is 0 Å². The molecule has 98 valence electrons. The zero-order valence-electron chi connectivity index (χ0n) is 10.6. The molecule has 0 saturated heterocycles. The van der Waals surface area contributed by atoms with Crippen molar-refractivity contribution in [2.24, 2.45) is 0 Å². The molecule has 1 atom stereocenters. The maximum absolute atomic E-state index is 11.1. The fourth-order valence-electron chi connectivity index (χ4n) is 1.78. The Morgan fingerprint density at radius 3 is 2.83 bits per heavy atom. The van der Waals surface area contributed by atoms with E-state index >= 15 is 0 Å². The third-order valence-electron chi connectivity index (χ3n) is 3.12. The first kappa shape index (κ1) is 13.4. The number of thioether (sulfide) groups is 1. The fraction of sp³-hybridized carbons (Fsp3) is 0.500. The predicted molar refractivity (Wildman–Crippen MR) is 74.9 cm³/mol. The Labute approximate surface area is 112 Å². The number of rotatable bonds is 7. The molecule has 1 unspecified atom stereocenters. The summed E-state index contributed by atoms with van der Waals surface area (Å²) in [6, 6.07) is 8.27. The summed E-state index contributed by atoms with van der Waals surface area (Å²) in [5, 5.41) is 12.3. The molecule has 4 heteroatoms. The first-order valence-corrected chi connectivity index (χ1v) is 7.43. The van der Waals surface area contributed by atoms with Gasteiger partial charge in [0.1, 0.15) is 6.04 Å². The average molecular weight is 265 g/mol. The Morgan fingerprint density at radius 2 is 2.22 bits per heavy atom. The van der Waals surface area contributed by atoms with Gasteiger partial charge >= 0.3 is 5.97 Å². The maximum Gasteiger partial charge on any atom is 0.321 e. The predicted octanol–water partition coefficient (Wildman–Crippen LogP) is 2.43. The summed E-state index contributed by atoms with van der Waals surface area (Å²) < 4.78 is 0. The lowest BCUT2D eigenvalue weighted by atomic mass is 10.1. The highest BCUT2D eigenvalue weighted by Gasteiger charge is 2.27. The van der Waals surface area contributed by atoms with Crippen LogP contribution in [0.1, 0.15) is 24.0 Å². The third-order valence-corrected chi connectivity index (χ3v) is 4.20. The highest BCUT2D eigenvalue weighted by Crippen LogP contribution is 2.21. The summed E-state index contributed by atoms with van der Waals surface area (Å²) >= 11 is 1.68. The molecule has 1 aromatic carbocycles. The topological polar surface area (TPSA) is 49.3 Å². The van der Waals surface area contributed by atoms with Crippen LogP contribution in [0.4, 0.5) is 0 Å². The number of nitrogens with one attached hydrogen (secondary N) is 1. The van der Waals surface area contributed by atoms with Crippen molar-refractivity contribution in [3.05, 3.63) is 35.4 Å². The van der Waals surface area contributed by atoms with E-state index in [0.717, 1.165) is 18.6 Å². The van der Waals surface area contributed by atoms with Gasteiger partial charge in [0.2, 0.25) is 0 Å². The van der Waals surface area contributed by atoms with Crippen LogP contribution in [0, 0.1) is 6.92 Å². The normalized spacial score (nSPS) is 16.5. The van der Waals surface area contributed by atoms with Gasteiger partial charge in [-0.25, -0.2) is 0 Å². The lowest BCUT2D eigenvalue weighted by Crippen LogP contribution is -2.40. The van der Waals surface area contributed by atoms with Crippen LogP contribution in [-0.2, 0) is 10.5 Å². The summed E-state index contributed by atoms with van der Waals surface area (Å²) in [5.74, 6) is 0.766. The molecule has 0 amide bonds. The molecule has 0 heterocycles. The van der Waals surface area contributed by atoms with Crippen LogP contribution in [0.2, 0.25) is 0 Å². The van der Waals surface area contributed by atoms with Crippen molar-refractivity contribution >= 4 is 17.7 Å². The monoisotopic (exact) mass is 265 g/mol.